The Hall–Kier alpha value is -4.27. The van der Waals surface area contributed by atoms with Crippen LogP contribution in [0.1, 0.15) is 22.9 Å². The van der Waals surface area contributed by atoms with Crippen LogP contribution in [0.5, 0.6) is 0 Å². The van der Waals surface area contributed by atoms with E-state index in [2.05, 4.69) is 0 Å². The molecular formula is C22H15FN2O6. The number of rotatable bonds is 5. The second kappa shape index (κ2) is 7.86. The molecule has 156 valence electrons. The number of nitrogens with zero attached hydrogens (tertiary/aromatic N) is 2. The molecule has 0 unspecified atom stereocenters. The Morgan fingerprint density at radius 1 is 1.13 bits per heavy atom. The molecule has 1 aliphatic rings. The number of carbonyl (C=O) groups is 2. The van der Waals surface area contributed by atoms with Crippen LogP contribution in [0.2, 0.25) is 0 Å². The van der Waals surface area contributed by atoms with Crippen molar-refractivity contribution in [1.82, 2.24) is 4.90 Å². The number of likely N-dealkylation sites (tertiary alicyclic amines) is 1. The van der Waals surface area contributed by atoms with Crippen LogP contribution in [-0.2, 0) is 16.1 Å². The van der Waals surface area contributed by atoms with Crippen LogP contribution in [0.25, 0.3) is 5.76 Å². The molecule has 4 rings (SSSR count). The minimum absolute atomic E-state index is 0.000219. The van der Waals surface area contributed by atoms with E-state index in [1.54, 1.807) is 18.2 Å². The Balaban J connectivity index is 1.90. The van der Waals surface area contributed by atoms with E-state index in [9.17, 15) is 29.2 Å². The highest BCUT2D eigenvalue weighted by molar-refractivity contribution is 6.46. The van der Waals surface area contributed by atoms with Gasteiger partial charge in [-0.2, -0.15) is 0 Å². The molecular weight excluding hydrogens is 407 g/mol. The zero-order chi connectivity index (χ0) is 22.1. The van der Waals surface area contributed by atoms with Gasteiger partial charge in [-0.25, -0.2) is 4.39 Å². The number of amides is 1. The highest BCUT2D eigenvalue weighted by Gasteiger charge is 2.47. The van der Waals surface area contributed by atoms with Crippen LogP contribution in [0, 0.1) is 15.9 Å². The average Bonchev–Trinajstić information content (AvgIpc) is 3.36. The molecule has 0 spiro atoms. The van der Waals surface area contributed by atoms with Crippen molar-refractivity contribution in [2.45, 2.75) is 12.6 Å². The average molecular weight is 422 g/mol. The van der Waals surface area contributed by atoms with Gasteiger partial charge in [-0.3, -0.25) is 19.7 Å². The minimum Gasteiger partial charge on any atom is -0.507 e. The van der Waals surface area contributed by atoms with Crippen LogP contribution < -0.4 is 0 Å². The van der Waals surface area contributed by atoms with Gasteiger partial charge in [0.1, 0.15) is 17.3 Å². The number of carbonyl (C=O) groups excluding carboxylic acids is 2. The number of hydrogen-bond donors (Lipinski definition) is 1. The van der Waals surface area contributed by atoms with Crippen molar-refractivity contribution >= 4 is 23.1 Å². The maximum atomic E-state index is 14.7. The zero-order valence-corrected chi connectivity index (χ0v) is 15.9. The number of nitro benzene ring substituents is 1. The van der Waals surface area contributed by atoms with E-state index in [0.29, 0.717) is 5.76 Å². The third-order valence-electron chi connectivity index (χ3n) is 4.98. The van der Waals surface area contributed by atoms with Gasteiger partial charge in [-0.05, 0) is 18.2 Å². The first-order valence-corrected chi connectivity index (χ1v) is 9.18. The summed E-state index contributed by atoms with van der Waals surface area (Å²) in [5.41, 5.74) is -0.703. The number of aliphatic hydroxyl groups is 1. The fourth-order valence-electron chi connectivity index (χ4n) is 3.56. The van der Waals surface area contributed by atoms with E-state index >= 15 is 0 Å². The Morgan fingerprint density at radius 3 is 2.58 bits per heavy atom. The van der Waals surface area contributed by atoms with Crippen LogP contribution in [-0.4, -0.2) is 26.6 Å². The van der Waals surface area contributed by atoms with Crippen LogP contribution in [0.4, 0.5) is 10.1 Å². The molecule has 1 saturated heterocycles. The van der Waals surface area contributed by atoms with Crippen molar-refractivity contribution in [2.75, 3.05) is 0 Å². The first-order valence-electron chi connectivity index (χ1n) is 9.18. The highest BCUT2D eigenvalue weighted by atomic mass is 19.1. The number of ketones is 1. The first-order chi connectivity index (χ1) is 14.9. The van der Waals surface area contributed by atoms with Crippen LogP contribution in [0.3, 0.4) is 0 Å². The number of Topliss-reactive ketones (excluding diaryl/α,β-unsaturated/α-hetero) is 1. The standard InChI is InChI=1S/C22H15FN2O6/c23-17-9-2-1-8-16(17)19-18(20(26)13-5-3-6-14(11-13)25(29)30)21(27)22(28)24(19)12-15-7-4-10-31-15/h1-11,19,26H,12H2/t19-/m1/s1. The molecule has 0 radical (unpaired) electrons. The summed E-state index contributed by atoms with van der Waals surface area (Å²) in [4.78, 5) is 37.2. The molecule has 1 atom stereocenters. The van der Waals surface area contributed by atoms with Crippen molar-refractivity contribution in [3.05, 3.63) is 105 Å². The SMILES string of the molecule is O=C1C(=O)N(Cc2ccco2)[C@H](c2ccccc2F)C1=C(O)c1cccc([N+](=O)[O-])c1. The fraction of sp³-hybridized carbons (Fsp3) is 0.0909. The smallest absolute Gasteiger partial charge is 0.296 e. The molecule has 3 aromatic rings. The van der Waals surface area contributed by atoms with Crippen molar-refractivity contribution < 1.29 is 28.4 Å². The third-order valence-corrected chi connectivity index (χ3v) is 4.98. The van der Waals surface area contributed by atoms with E-state index in [0.717, 1.165) is 11.0 Å². The maximum Gasteiger partial charge on any atom is 0.296 e. The Bertz CT molecular complexity index is 1220. The number of nitro groups is 1. The Kier molecular flexibility index (Phi) is 5.08. The molecule has 0 aliphatic carbocycles. The number of non-ortho nitro benzene ring substituents is 1. The molecule has 8 nitrogen and oxygen atoms in total. The van der Waals surface area contributed by atoms with Gasteiger partial charge in [0, 0.05) is 23.3 Å². The number of furan rings is 1. The normalized spacial score (nSPS) is 17.8. The van der Waals surface area contributed by atoms with Gasteiger partial charge in [-0.15, -0.1) is 0 Å². The molecule has 0 saturated carbocycles. The van der Waals surface area contributed by atoms with Crippen molar-refractivity contribution in [2.24, 2.45) is 0 Å². The second-order valence-corrected chi connectivity index (χ2v) is 6.84. The van der Waals surface area contributed by atoms with Gasteiger partial charge in [0.15, 0.2) is 0 Å². The second-order valence-electron chi connectivity index (χ2n) is 6.84. The lowest BCUT2D eigenvalue weighted by molar-refractivity contribution is -0.384. The van der Waals surface area contributed by atoms with E-state index in [4.69, 9.17) is 4.42 Å². The summed E-state index contributed by atoms with van der Waals surface area (Å²) in [6, 6.07) is 12.5. The monoisotopic (exact) mass is 422 g/mol. The van der Waals surface area contributed by atoms with Crippen LogP contribution in [0.15, 0.2) is 76.9 Å². The molecule has 1 amide bonds. The highest BCUT2D eigenvalue weighted by Crippen LogP contribution is 2.41. The lowest BCUT2D eigenvalue weighted by Gasteiger charge is -2.24. The summed E-state index contributed by atoms with van der Waals surface area (Å²) in [5.74, 6) is -2.92. The molecule has 1 aromatic heterocycles. The summed E-state index contributed by atoms with van der Waals surface area (Å²) < 4.78 is 20.0. The van der Waals surface area contributed by atoms with Gasteiger partial charge in [0.05, 0.1) is 29.3 Å². The Morgan fingerprint density at radius 2 is 1.90 bits per heavy atom. The molecule has 31 heavy (non-hydrogen) atoms. The molecule has 9 heteroatoms. The van der Waals surface area contributed by atoms with Crippen molar-refractivity contribution in [1.29, 1.82) is 0 Å². The summed E-state index contributed by atoms with van der Waals surface area (Å²) in [7, 11) is 0. The largest absolute Gasteiger partial charge is 0.507 e. The first kappa shape index (κ1) is 20.0. The molecule has 0 bridgehead atoms. The Labute approximate surface area is 175 Å². The quantitative estimate of drug-likeness (QED) is 0.219. The molecule has 1 aliphatic heterocycles. The number of benzene rings is 2. The maximum absolute atomic E-state index is 14.7. The summed E-state index contributed by atoms with van der Waals surface area (Å²) in [5, 5.41) is 22.0. The third kappa shape index (κ3) is 3.57. The molecule has 2 aromatic carbocycles. The lowest BCUT2D eigenvalue weighted by atomic mass is 9.94. The van der Waals surface area contributed by atoms with E-state index in [1.807, 2.05) is 0 Å². The van der Waals surface area contributed by atoms with Gasteiger partial charge in [-0.1, -0.05) is 30.3 Å². The van der Waals surface area contributed by atoms with Gasteiger partial charge in [0.25, 0.3) is 17.4 Å². The zero-order valence-electron chi connectivity index (χ0n) is 15.9. The number of hydrogen-bond acceptors (Lipinski definition) is 6. The molecule has 1 N–H and O–H groups in total. The minimum atomic E-state index is -1.24. The van der Waals surface area contributed by atoms with Gasteiger partial charge >= 0.3 is 0 Å². The summed E-state index contributed by atoms with van der Waals surface area (Å²) in [6.07, 6.45) is 1.40. The van der Waals surface area contributed by atoms with Crippen molar-refractivity contribution in [3.63, 3.8) is 0 Å². The number of halogens is 1. The van der Waals surface area contributed by atoms with E-state index < -0.39 is 34.2 Å². The van der Waals surface area contributed by atoms with Gasteiger partial charge < -0.3 is 14.4 Å². The fourth-order valence-corrected chi connectivity index (χ4v) is 3.56. The topological polar surface area (TPSA) is 114 Å². The van der Waals surface area contributed by atoms with E-state index in [-0.39, 0.29) is 28.9 Å². The van der Waals surface area contributed by atoms with Crippen molar-refractivity contribution in [3.8, 4) is 0 Å². The summed E-state index contributed by atoms with van der Waals surface area (Å²) in [6.45, 7) is -0.137. The predicted molar refractivity (Wildman–Crippen MR) is 106 cm³/mol. The lowest BCUT2D eigenvalue weighted by Crippen LogP contribution is -2.29. The predicted octanol–water partition coefficient (Wildman–Crippen LogP) is 3.95. The van der Waals surface area contributed by atoms with Gasteiger partial charge in [0.2, 0.25) is 0 Å². The van der Waals surface area contributed by atoms with Crippen LogP contribution >= 0.6 is 0 Å². The van der Waals surface area contributed by atoms with E-state index in [1.165, 1.54) is 42.7 Å². The number of aliphatic hydroxyl groups excluding tert-OH is 1. The molecule has 1 fully saturated rings. The summed E-state index contributed by atoms with van der Waals surface area (Å²) >= 11 is 0. The molecule has 2 heterocycles.